The molecular formula is C6H11N3O. The number of aryl methyl sites for hydroxylation is 1. The van der Waals surface area contributed by atoms with Crippen molar-refractivity contribution in [1.82, 2.24) is 9.55 Å². The smallest absolute Gasteiger partial charge is 0.213 e. The fraction of sp³-hybridized carbons (Fsp3) is 0.500. The third kappa shape index (κ3) is 1.48. The third-order valence-corrected chi connectivity index (χ3v) is 1.14. The molecule has 0 fully saturated rings. The van der Waals surface area contributed by atoms with E-state index in [4.69, 9.17) is 10.5 Å². The zero-order valence-electron chi connectivity index (χ0n) is 5.95. The Morgan fingerprint density at radius 3 is 3.10 bits per heavy atom. The molecule has 0 aromatic carbocycles. The molecule has 0 saturated heterocycles. The Hall–Kier alpha value is -1.03. The fourth-order valence-electron chi connectivity index (χ4n) is 0.648. The molecule has 0 aliphatic heterocycles. The summed E-state index contributed by atoms with van der Waals surface area (Å²) in [7, 11) is 1.87. The summed E-state index contributed by atoms with van der Waals surface area (Å²) in [5.74, 6) is 0.755. The van der Waals surface area contributed by atoms with Crippen LogP contribution in [0.15, 0.2) is 12.5 Å². The highest BCUT2D eigenvalue weighted by molar-refractivity contribution is 5.04. The van der Waals surface area contributed by atoms with Crippen molar-refractivity contribution in [3.05, 3.63) is 12.5 Å². The van der Waals surface area contributed by atoms with Crippen molar-refractivity contribution in [3.63, 3.8) is 0 Å². The van der Waals surface area contributed by atoms with Crippen molar-refractivity contribution >= 4 is 0 Å². The van der Waals surface area contributed by atoms with Gasteiger partial charge in [0.15, 0.2) is 0 Å². The first-order valence-electron chi connectivity index (χ1n) is 3.14. The van der Waals surface area contributed by atoms with Crippen LogP contribution in [0, 0.1) is 0 Å². The molecule has 0 saturated carbocycles. The van der Waals surface area contributed by atoms with Crippen molar-refractivity contribution in [2.24, 2.45) is 12.8 Å². The minimum absolute atomic E-state index is 0.533. The van der Waals surface area contributed by atoms with E-state index < -0.39 is 0 Å². The summed E-state index contributed by atoms with van der Waals surface area (Å²) in [6, 6.07) is 0. The van der Waals surface area contributed by atoms with Gasteiger partial charge in [-0.3, -0.25) is 0 Å². The quantitative estimate of drug-likeness (QED) is 0.632. The van der Waals surface area contributed by atoms with E-state index >= 15 is 0 Å². The lowest BCUT2D eigenvalue weighted by molar-refractivity contribution is 0.305. The van der Waals surface area contributed by atoms with Crippen LogP contribution in [0.4, 0.5) is 0 Å². The molecule has 0 atom stereocenters. The summed E-state index contributed by atoms with van der Waals surface area (Å²) in [4.78, 5) is 3.87. The summed E-state index contributed by atoms with van der Waals surface area (Å²) in [6.45, 7) is 1.07. The number of imidazole rings is 1. The second kappa shape index (κ2) is 3.22. The maximum Gasteiger partial charge on any atom is 0.213 e. The molecule has 0 unspecified atom stereocenters. The first-order valence-corrected chi connectivity index (χ1v) is 3.14. The molecule has 10 heavy (non-hydrogen) atoms. The second-order valence-electron chi connectivity index (χ2n) is 1.98. The zero-order valence-corrected chi connectivity index (χ0v) is 5.95. The summed E-state index contributed by atoms with van der Waals surface area (Å²) in [5.41, 5.74) is 5.24. The summed E-state index contributed by atoms with van der Waals surface area (Å²) >= 11 is 0. The van der Waals surface area contributed by atoms with Gasteiger partial charge in [0.25, 0.3) is 0 Å². The zero-order chi connectivity index (χ0) is 7.40. The van der Waals surface area contributed by atoms with Crippen LogP contribution in [0.1, 0.15) is 0 Å². The average molecular weight is 141 g/mol. The highest BCUT2D eigenvalue weighted by Crippen LogP contribution is 2.05. The molecular weight excluding hydrogens is 130 g/mol. The predicted octanol–water partition coefficient (Wildman–Crippen LogP) is -0.242. The lowest BCUT2D eigenvalue weighted by Crippen LogP contribution is -2.11. The summed E-state index contributed by atoms with van der Waals surface area (Å²) < 4.78 is 7.00. The van der Waals surface area contributed by atoms with E-state index in [2.05, 4.69) is 4.98 Å². The lowest BCUT2D eigenvalue weighted by Gasteiger charge is -2.02. The Morgan fingerprint density at radius 1 is 1.80 bits per heavy atom. The maximum atomic E-state index is 5.24. The molecule has 56 valence electrons. The molecule has 4 nitrogen and oxygen atoms in total. The molecule has 4 heteroatoms. The summed E-state index contributed by atoms with van der Waals surface area (Å²) in [6.07, 6.45) is 3.35. The van der Waals surface area contributed by atoms with Crippen LogP contribution in [0.3, 0.4) is 0 Å². The van der Waals surface area contributed by atoms with Gasteiger partial charge in [0, 0.05) is 13.6 Å². The van der Waals surface area contributed by atoms with Crippen molar-refractivity contribution in [2.75, 3.05) is 13.2 Å². The SMILES string of the molecule is Cn1cncc1OCCN. The topological polar surface area (TPSA) is 53.1 Å². The van der Waals surface area contributed by atoms with E-state index in [-0.39, 0.29) is 0 Å². The molecule has 1 rings (SSSR count). The Morgan fingerprint density at radius 2 is 2.60 bits per heavy atom. The number of aromatic nitrogens is 2. The highest BCUT2D eigenvalue weighted by atomic mass is 16.5. The minimum Gasteiger partial charge on any atom is -0.476 e. The van der Waals surface area contributed by atoms with Crippen molar-refractivity contribution in [3.8, 4) is 5.88 Å². The van der Waals surface area contributed by atoms with Gasteiger partial charge in [-0.15, -0.1) is 0 Å². The van der Waals surface area contributed by atoms with Crippen molar-refractivity contribution in [2.45, 2.75) is 0 Å². The molecule has 0 spiro atoms. The maximum absolute atomic E-state index is 5.24. The number of hydrogen-bond acceptors (Lipinski definition) is 3. The third-order valence-electron chi connectivity index (χ3n) is 1.14. The molecule has 0 radical (unpaired) electrons. The average Bonchev–Trinajstić information content (AvgIpc) is 2.31. The predicted molar refractivity (Wildman–Crippen MR) is 37.8 cm³/mol. The van der Waals surface area contributed by atoms with E-state index in [0.717, 1.165) is 5.88 Å². The standard InChI is InChI=1S/C6H11N3O/c1-9-5-8-4-6(9)10-3-2-7/h4-5H,2-3,7H2,1H3. The molecule has 1 aromatic heterocycles. The van der Waals surface area contributed by atoms with E-state index in [1.165, 1.54) is 0 Å². The molecule has 0 aliphatic rings. The molecule has 1 aromatic rings. The van der Waals surface area contributed by atoms with E-state index in [9.17, 15) is 0 Å². The van der Waals surface area contributed by atoms with Gasteiger partial charge < -0.3 is 15.0 Å². The van der Waals surface area contributed by atoms with Crippen LogP contribution in [0.2, 0.25) is 0 Å². The first-order chi connectivity index (χ1) is 4.84. The molecule has 0 bridgehead atoms. The van der Waals surface area contributed by atoms with E-state index in [1.54, 1.807) is 17.1 Å². The van der Waals surface area contributed by atoms with Gasteiger partial charge in [-0.05, 0) is 0 Å². The van der Waals surface area contributed by atoms with Gasteiger partial charge >= 0.3 is 0 Å². The second-order valence-corrected chi connectivity index (χ2v) is 1.98. The largest absolute Gasteiger partial charge is 0.476 e. The molecule has 0 amide bonds. The van der Waals surface area contributed by atoms with Crippen LogP contribution < -0.4 is 10.5 Å². The normalized spacial score (nSPS) is 9.80. The Kier molecular flexibility index (Phi) is 2.28. The van der Waals surface area contributed by atoms with Gasteiger partial charge in [0.05, 0.1) is 12.5 Å². The van der Waals surface area contributed by atoms with Crippen LogP contribution in [-0.2, 0) is 7.05 Å². The number of nitrogens with zero attached hydrogens (tertiary/aromatic N) is 2. The van der Waals surface area contributed by atoms with Gasteiger partial charge in [0.1, 0.15) is 6.61 Å². The Labute approximate surface area is 59.6 Å². The van der Waals surface area contributed by atoms with Gasteiger partial charge in [0.2, 0.25) is 5.88 Å². The van der Waals surface area contributed by atoms with Crippen LogP contribution >= 0.6 is 0 Å². The van der Waals surface area contributed by atoms with Crippen molar-refractivity contribution < 1.29 is 4.74 Å². The Bertz CT molecular complexity index is 197. The fourth-order valence-corrected chi connectivity index (χ4v) is 0.648. The Balaban J connectivity index is 2.49. The number of nitrogens with two attached hydrogens (primary N) is 1. The monoisotopic (exact) mass is 141 g/mol. The van der Waals surface area contributed by atoms with Gasteiger partial charge in [-0.25, -0.2) is 4.98 Å². The van der Waals surface area contributed by atoms with Gasteiger partial charge in [-0.2, -0.15) is 0 Å². The highest BCUT2D eigenvalue weighted by Gasteiger charge is 1.95. The number of rotatable bonds is 3. The van der Waals surface area contributed by atoms with Crippen LogP contribution in [-0.4, -0.2) is 22.7 Å². The van der Waals surface area contributed by atoms with Crippen LogP contribution in [0.25, 0.3) is 0 Å². The summed E-state index contributed by atoms with van der Waals surface area (Å²) in [5, 5.41) is 0. The van der Waals surface area contributed by atoms with E-state index in [0.29, 0.717) is 13.2 Å². The number of hydrogen-bond donors (Lipinski definition) is 1. The minimum atomic E-state index is 0.533. The number of ether oxygens (including phenoxy) is 1. The van der Waals surface area contributed by atoms with Crippen LogP contribution in [0.5, 0.6) is 5.88 Å². The molecule has 1 heterocycles. The molecule has 2 N–H and O–H groups in total. The lowest BCUT2D eigenvalue weighted by atomic mass is 10.7. The molecule has 0 aliphatic carbocycles. The van der Waals surface area contributed by atoms with Gasteiger partial charge in [-0.1, -0.05) is 0 Å². The van der Waals surface area contributed by atoms with E-state index in [1.807, 2.05) is 7.05 Å². The van der Waals surface area contributed by atoms with Crippen molar-refractivity contribution in [1.29, 1.82) is 0 Å². The first kappa shape index (κ1) is 7.08.